The van der Waals surface area contributed by atoms with Crippen molar-refractivity contribution in [3.63, 3.8) is 0 Å². The van der Waals surface area contributed by atoms with Crippen LogP contribution >= 0.6 is 23.8 Å². The summed E-state index contributed by atoms with van der Waals surface area (Å²) in [5.74, 6) is 0.370. The summed E-state index contributed by atoms with van der Waals surface area (Å²) in [6, 6.07) is 12.8. The van der Waals surface area contributed by atoms with Crippen molar-refractivity contribution in [1.29, 1.82) is 0 Å². The smallest absolute Gasteiger partial charge is 0.262 e. The van der Waals surface area contributed by atoms with Gasteiger partial charge in [-0.05, 0) is 48.9 Å². The third kappa shape index (κ3) is 5.19. The monoisotopic (exact) mass is 404 g/mol. The first-order valence-electron chi connectivity index (χ1n) is 8.69. The van der Waals surface area contributed by atoms with Gasteiger partial charge in [0.2, 0.25) is 0 Å². The molecule has 0 aliphatic carbocycles. The molecule has 2 aromatic rings. The van der Waals surface area contributed by atoms with Crippen LogP contribution in [0.25, 0.3) is 0 Å². The number of nitrogens with zero attached hydrogens (tertiary/aromatic N) is 1. The third-order valence-electron chi connectivity index (χ3n) is 4.31. The number of anilines is 1. The summed E-state index contributed by atoms with van der Waals surface area (Å²) < 4.78 is 10.9. The van der Waals surface area contributed by atoms with Crippen LogP contribution in [0.3, 0.4) is 0 Å². The Morgan fingerprint density at radius 3 is 2.63 bits per heavy atom. The lowest BCUT2D eigenvalue weighted by molar-refractivity contribution is -0.118. The van der Waals surface area contributed by atoms with Crippen molar-refractivity contribution in [2.75, 3.05) is 38.2 Å². The molecule has 7 heteroatoms. The molecular formula is C20H21ClN2O3S. The van der Waals surface area contributed by atoms with Crippen LogP contribution in [-0.2, 0) is 9.53 Å². The van der Waals surface area contributed by atoms with Crippen LogP contribution < -0.4 is 10.1 Å². The van der Waals surface area contributed by atoms with Gasteiger partial charge in [0.25, 0.3) is 5.91 Å². The van der Waals surface area contributed by atoms with Gasteiger partial charge in [-0.3, -0.25) is 4.79 Å². The van der Waals surface area contributed by atoms with Crippen LogP contribution in [0.2, 0.25) is 5.02 Å². The molecule has 0 atom stereocenters. The van der Waals surface area contributed by atoms with Gasteiger partial charge >= 0.3 is 0 Å². The van der Waals surface area contributed by atoms with Gasteiger partial charge < -0.3 is 19.7 Å². The number of nitrogens with one attached hydrogen (secondary N) is 1. The van der Waals surface area contributed by atoms with Gasteiger partial charge in [-0.25, -0.2) is 0 Å². The van der Waals surface area contributed by atoms with Crippen LogP contribution in [-0.4, -0.2) is 48.7 Å². The molecule has 0 saturated carbocycles. The van der Waals surface area contributed by atoms with Gasteiger partial charge in [0, 0.05) is 29.4 Å². The van der Waals surface area contributed by atoms with E-state index in [4.69, 9.17) is 33.3 Å². The Kier molecular flexibility index (Phi) is 6.66. The number of carbonyl (C=O) groups is 1. The highest BCUT2D eigenvalue weighted by Gasteiger charge is 2.15. The minimum Gasteiger partial charge on any atom is -0.484 e. The van der Waals surface area contributed by atoms with E-state index in [9.17, 15) is 4.79 Å². The highest BCUT2D eigenvalue weighted by atomic mass is 35.5. The predicted octanol–water partition coefficient (Wildman–Crippen LogP) is 3.67. The Morgan fingerprint density at radius 1 is 1.22 bits per heavy atom. The summed E-state index contributed by atoms with van der Waals surface area (Å²) in [6.07, 6.45) is 0. The SMILES string of the molecule is Cc1c(Cl)cccc1NC(=O)COc1ccc(C(=S)N2CCOCC2)cc1. The molecule has 1 aliphatic rings. The van der Waals surface area contributed by atoms with Gasteiger partial charge in [0.05, 0.1) is 13.2 Å². The Balaban J connectivity index is 1.53. The Morgan fingerprint density at radius 2 is 1.93 bits per heavy atom. The van der Waals surface area contributed by atoms with E-state index in [2.05, 4.69) is 10.2 Å². The third-order valence-corrected chi connectivity index (χ3v) is 5.21. The van der Waals surface area contributed by atoms with Crippen molar-refractivity contribution >= 4 is 40.4 Å². The fraction of sp³-hybridized carbons (Fsp3) is 0.300. The zero-order chi connectivity index (χ0) is 19.2. The molecule has 1 aliphatic heterocycles. The van der Waals surface area contributed by atoms with Gasteiger partial charge in [-0.2, -0.15) is 0 Å². The van der Waals surface area contributed by atoms with Crippen LogP contribution in [0.1, 0.15) is 11.1 Å². The lowest BCUT2D eigenvalue weighted by atomic mass is 10.2. The molecule has 0 unspecified atom stereocenters. The Hall–Kier alpha value is -2.15. The fourth-order valence-corrected chi connectivity index (χ4v) is 3.21. The molecule has 1 amide bonds. The zero-order valence-electron chi connectivity index (χ0n) is 15.0. The number of carbonyl (C=O) groups excluding carboxylic acids is 1. The molecule has 0 bridgehead atoms. The quantitative estimate of drug-likeness (QED) is 0.770. The average molecular weight is 405 g/mol. The molecule has 1 saturated heterocycles. The summed E-state index contributed by atoms with van der Waals surface area (Å²) >= 11 is 11.6. The predicted molar refractivity (Wildman–Crippen MR) is 111 cm³/mol. The van der Waals surface area contributed by atoms with E-state index >= 15 is 0 Å². The van der Waals surface area contributed by atoms with Crippen molar-refractivity contribution in [1.82, 2.24) is 4.90 Å². The molecule has 3 rings (SSSR count). The number of hydrogen-bond donors (Lipinski definition) is 1. The minimum atomic E-state index is -0.242. The molecule has 0 aromatic heterocycles. The summed E-state index contributed by atoms with van der Waals surface area (Å²) in [5.41, 5.74) is 2.47. The summed E-state index contributed by atoms with van der Waals surface area (Å²) in [7, 11) is 0. The Bertz CT molecular complexity index is 820. The van der Waals surface area contributed by atoms with E-state index in [0.29, 0.717) is 29.7 Å². The molecule has 0 spiro atoms. The second kappa shape index (κ2) is 9.17. The first-order chi connectivity index (χ1) is 13.0. The van der Waals surface area contributed by atoms with E-state index in [1.165, 1.54) is 0 Å². The molecule has 1 N–H and O–H groups in total. The maximum absolute atomic E-state index is 12.1. The van der Waals surface area contributed by atoms with Crippen molar-refractivity contribution < 1.29 is 14.3 Å². The molecule has 0 radical (unpaired) electrons. The molecular weight excluding hydrogens is 384 g/mol. The minimum absolute atomic E-state index is 0.0841. The van der Waals surface area contributed by atoms with Crippen molar-refractivity contribution in [3.05, 3.63) is 58.6 Å². The van der Waals surface area contributed by atoms with Crippen LogP contribution in [0.5, 0.6) is 5.75 Å². The van der Waals surface area contributed by atoms with E-state index < -0.39 is 0 Å². The summed E-state index contributed by atoms with van der Waals surface area (Å²) in [4.78, 5) is 15.1. The van der Waals surface area contributed by atoms with E-state index in [1.807, 2.05) is 31.2 Å². The van der Waals surface area contributed by atoms with Gasteiger partial charge in [-0.15, -0.1) is 0 Å². The van der Waals surface area contributed by atoms with Gasteiger partial charge in [0.1, 0.15) is 10.7 Å². The van der Waals surface area contributed by atoms with Crippen molar-refractivity contribution in [3.8, 4) is 5.75 Å². The maximum Gasteiger partial charge on any atom is 0.262 e. The first kappa shape index (κ1) is 19.6. The molecule has 1 heterocycles. The van der Waals surface area contributed by atoms with Crippen LogP contribution in [0, 0.1) is 6.92 Å². The second-order valence-corrected chi connectivity index (χ2v) is 6.97. The number of morpholine rings is 1. The lowest BCUT2D eigenvalue weighted by Gasteiger charge is -2.29. The number of amides is 1. The van der Waals surface area contributed by atoms with E-state index in [-0.39, 0.29) is 12.5 Å². The highest BCUT2D eigenvalue weighted by molar-refractivity contribution is 7.80. The van der Waals surface area contributed by atoms with Gasteiger partial charge in [0.15, 0.2) is 6.61 Å². The molecule has 5 nitrogen and oxygen atoms in total. The molecule has 142 valence electrons. The average Bonchev–Trinajstić information content (AvgIpc) is 2.70. The fourth-order valence-electron chi connectivity index (χ4n) is 2.72. The largest absolute Gasteiger partial charge is 0.484 e. The number of ether oxygens (including phenoxy) is 2. The standard InChI is InChI=1S/C20H21ClN2O3S/c1-14-17(21)3-2-4-18(14)22-19(24)13-26-16-7-5-15(6-8-16)20(27)23-9-11-25-12-10-23/h2-8H,9-13H2,1H3,(H,22,24). The first-order valence-corrected chi connectivity index (χ1v) is 9.48. The number of hydrogen-bond acceptors (Lipinski definition) is 4. The normalized spacial score (nSPS) is 13.9. The maximum atomic E-state index is 12.1. The molecule has 1 fully saturated rings. The van der Waals surface area contributed by atoms with Crippen molar-refractivity contribution in [2.45, 2.75) is 6.92 Å². The second-order valence-electron chi connectivity index (χ2n) is 6.18. The van der Waals surface area contributed by atoms with Crippen LogP contribution in [0.15, 0.2) is 42.5 Å². The number of halogens is 1. The molecule has 27 heavy (non-hydrogen) atoms. The number of benzene rings is 2. The topological polar surface area (TPSA) is 50.8 Å². The number of thiocarbonyl (C=S) groups is 1. The molecule has 2 aromatic carbocycles. The summed E-state index contributed by atoms with van der Waals surface area (Å²) in [5, 5.41) is 3.42. The summed E-state index contributed by atoms with van der Waals surface area (Å²) in [6.45, 7) is 4.78. The number of rotatable bonds is 5. The van der Waals surface area contributed by atoms with E-state index in [0.717, 1.165) is 29.2 Å². The van der Waals surface area contributed by atoms with Crippen molar-refractivity contribution in [2.24, 2.45) is 0 Å². The zero-order valence-corrected chi connectivity index (χ0v) is 16.6. The highest BCUT2D eigenvalue weighted by Crippen LogP contribution is 2.23. The Labute approximate surface area is 169 Å². The van der Waals surface area contributed by atoms with Gasteiger partial charge in [-0.1, -0.05) is 29.9 Å². The van der Waals surface area contributed by atoms with Crippen LogP contribution in [0.4, 0.5) is 5.69 Å². The van der Waals surface area contributed by atoms with E-state index in [1.54, 1.807) is 18.2 Å². The lowest BCUT2D eigenvalue weighted by Crippen LogP contribution is -2.40.